The Balaban J connectivity index is 2.14. The Morgan fingerprint density at radius 2 is 1.95 bits per heavy atom. The Bertz CT molecular complexity index is 613. The van der Waals surface area contributed by atoms with Crippen LogP contribution >= 0.6 is 0 Å². The predicted octanol–water partition coefficient (Wildman–Crippen LogP) is 2.12. The molecule has 0 aliphatic rings. The lowest BCUT2D eigenvalue weighted by molar-refractivity contribution is 0.100. The summed E-state index contributed by atoms with van der Waals surface area (Å²) in [6.45, 7) is 0.314. The lowest BCUT2D eigenvalue weighted by atomic mass is 10.1. The third kappa shape index (κ3) is 3.01. The lowest BCUT2D eigenvalue weighted by Gasteiger charge is -2.09. The van der Waals surface area contributed by atoms with Crippen LogP contribution in [0.1, 0.15) is 15.9 Å². The standard InChI is InChI=1S/C14H14FN3O/c15-12-4-2-1-3-9(12)8-18-10-5-6-13(16)11(7-10)14(17)19/h1-7,18H,8,16H2,(H2,17,19). The van der Waals surface area contributed by atoms with Crippen molar-refractivity contribution in [1.82, 2.24) is 0 Å². The fourth-order valence-corrected chi connectivity index (χ4v) is 1.72. The molecule has 0 saturated heterocycles. The van der Waals surface area contributed by atoms with E-state index in [0.717, 1.165) is 0 Å². The summed E-state index contributed by atoms with van der Waals surface area (Å²) in [4.78, 5) is 11.2. The smallest absolute Gasteiger partial charge is 0.250 e. The first-order valence-electron chi connectivity index (χ1n) is 5.74. The molecule has 0 unspecified atom stereocenters. The number of carbonyl (C=O) groups excluding carboxylic acids is 1. The number of nitrogens with two attached hydrogens (primary N) is 2. The van der Waals surface area contributed by atoms with Crippen molar-refractivity contribution in [3.63, 3.8) is 0 Å². The highest BCUT2D eigenvalue weighted by atomic mass is 19.1. The maximum atomic E-state index is 13.4. The number of hydrogen-bond acceptors (Lipinski definition) is 3. The third-order valence-electron chi connectivity index (χ3n) is 2.76. The number of benzene rings is 2. The van der Waals surface area contributed by atoms with Crippen LogP contribution in [-0.2, 0) is 6.54 Å². The molecule has 0 aromatic heterocycles. The first-order chi connectivity index (χ1) is 9.08. The van der Waals surface area contributed by atoms with E-state index >= 15 is 0 Å². The molecule has 2 rings (SSSR count). The summed E-state index contributed by atoms with van der Waals surface area (Å²) in [7, 11) is 0. The number of primary amides is 1. The molecule has 0 bridgehead atoms. The second kappa shape index (κ2) is 5.39. The minimum absolute atomic E-state index is 0.249. The zero-order valence-corrected chi connectivity index (χ0v) is 10.2. The van der Waals surface area contributed by atoms with Gasteiger partial charge in [0.25, 0.3) is 5.91 Å². The monoisotopic (exact) mass is 259 g/mol. The van der Waals surface area contributed by atoms with E-state index < -0.39 is 5.91 Å². The van der Waals surface area contributed by atoms with E-state index in [1.54, 1.807) is 36.4 Å². The van der Waals surface area contributed by atoms with Crippen LogP contribution in [-0.4, -0.2) is 5.91 Å². The third-order valence-corrected chi connectivity index (χ3v) is 2.76. The van der Waals surface area contributed by atoms with Gasteiger partial charge < -0.3 is 16.8 Å². The first kappa shape index (κ1) is 12.9. The highest BCUT2D eigenvalue weighted by Gasteiger charge is 2.07. The fourth-order valence-electron chi connectivity index (χ4n) is 1.72. The summed E-state index contributed by atoms with van der Waals surface area (Å²) in [5.74, 6) is -0.868. The van der Waals surface area contributed by atoms with Crippen molar-refractivity contribution >= 4 is 17.3 Å². The minimum Gasteiger partial charge on any atom is -0.398 e. The van der Waals surface area contributed by atoms with Crippen molar-refractivity contribution < 1.29 is 9.18 Å². The van der Waals surface area contributed by atoms with Crippen LogP contribution in [0.15, 0.2) is 42.5 Å². The molecule has 0 aliphatic carbocycles. The summed E-state index contributed by atoms with van der Waals surface area (Å²) in [6.07, 6.45) is 0. The van der Waals surface area contributed by atoms with Gasteiger partial charge in [0.05, 0.1) is 5.56 Å². The summed E-state index contributed by atoms with van der Waals surface area (Å²) < 4.78 is 13.4. The van der Waals surface area contributed by atoms with Gasteiger partial charge in [-0.1, -0.05) is 18.2 Å². The number of nitrogens with one attached hydrogen (secondary N) is 1. The molecule has 4 nitrogen and oxygen atoms in total. The SMILES string of the molecule is NC(=O)c1cc(NCc2ccccc2F)ccc1N. The molecule has 5 N–H and O–H groups in total. The van der Waals surface area contributed by atoms with Crippen LogP contribution in [0.4, 0.5) is 15.8 Å². The molecule has 98 valence electrons. The van der Waals surface area contributed by atoms with Gasteiger partial charge in [0.1, 0.15) is 5.82 Å². The summed E-state index contributed by atoms with van der Waals surface area (Å²) >= 11 is 0. The molecular weight excluding hydrogens is 245 g/mol. The number of hydrogen-bond donors (Lipinski definition) is 3. The molecule has 0 heterocycles. The van der Waals surface area contributed by atoms with Crippen LogP contribution in [0.5, 0.6) is 0 Å². The summed E-state index contributed by atoms with van der Waals surface area (Å²) in [5, 5.41) is 3.02. The van der Waals surface area contributed by atoms with Crippen molar-refractivity contribution in [1.29, 1.82) is 0 Å². The summed E-state index contributed by atoms with van der Waals surface area (Å²) in [5.41, 5.74) is 12.6. The molecule has 0 saturated carbocycles. The topological polar surface area (TPSA) is 81.1 Å². The Morgan fingerprint density at radius 3 is 2.63 bits per heavy atom. The van der Waals surface area contributed by atoms with Crippen molar-refractivity contribution in [3.05, 3.63) is 59.4 Å². The van der Waals surface area contributed by atoms with Crippen molar-refractivity contribution in [2.75, 3.05) is 11.1 Å². The Kier molecular flexibility index (Phi) is 3.66. The van der Waals surface area contributed by atoms with Crippen LogP contribution in [0.25, 0.3) is 0 Å². The Labute approximate surface area is 110 Å². The van der Waals surface area contributed by atoms with Crippen molar-refractivity contribution in [2.45, 2.75) is 6.54 Å². The lowest BCUT2D eigenvalue weighted by Crippen LogP contribution is -2.14. The van der Waals surface area contributed by atoms with Gasteiger partial charge >= 0.3 is 0 Å². The molecule has 5 heteroatoms. The number of halogens is 1. The van der Waals surface area contributed by atoms with Gasteiger partial charge in [-0.15, -0.1) is 0 Å². The number of rotatable bonds is 4. The van der Waals surface area contributed by atoms with Gasteiger partial charge in [-0.2, -0.15) is 0 Å². The van der Waals surface area contributed by atoms with Crippen molar-refractivity contribution in [2.24, 2.45) is 5.73 Å². The molecule has 0 aliphatic heterocycles. The van der Waals surface area contributed by atoms with Crippen LogP contribution < -0.4 is 16.8 Å². The normalized spacial score (nSPS) is 10.2. The van der Waals surface area contributed by atoms with Gasteiger partial charge in [0.2, 0.25) is 0 Å². The minimum atomic E-state index is -0.591. The van der Waals surface area contributed by atoms with Crippen LogP contribution in [0.2, 0.25) is 0 Å². The first-order valence-corrected chi connectivity index (χ1v) is 5.74. The molecule has 2 aromatic rings. The zero-order valence-electron chi connectivity index (χ0n) is 10.2. The second-order valence-corrected chi connectivity index (χ2v) is 4.11. The summed E-state index contributed by atoms with van der Waals surface area (Å²) in [6, 6.07) is 11.3. The van der Waals surface area contributed by atoms with E-state index in [9.17, 15) is 9.18 Å². The van der Waals surface area contributed by atoms with E-state index in [2.05, 4.69) is 5.32 Å². The molecular formula is C14H14FN3O. The predicted molar refractivity (Wildman–Crippen MR) is 73.1 cm³/mol. The number of anilines is 2. The van der Waals surface area contributed by atoms with Gasteiger partial charge in [-0.05, 0) is 24.3 Å². The number of carbonyl (C=O) groups is 1. The van der Waals surface area contributed by atoms with Crippen LogP contribution in [0, 0.1) is 5.82 Å². The van der Waals surface area contributed by atoms with Gasteiger partial charge in [0, 0.05) is 23.5 Å². The van der Waals surface area contributed by atoms with E-state index in [4.69, 9.17) is 11.5 Å². The van der Waals surface area contributed by atoms with Crippen molar-refractivity contribution in [3.8, 4) is 0 Å². The maximum Gasteiger partial charge on any atom is 0.250 e. The largest absolute Gasteiger partial charge is 0.398 e. The van der Waals surface area contributed by atoms with Crippen LogP contribution in [0.3, 0.4) is 0 Å². The molecule has 2 aromatic carbocycles. The van der Waals surface area contributed by atoms with Gasteiger partial charge in [0.15, 0.2) is 0 Å². The molecule has 0 spiro atoms. The van der Waals surface area contributed by atoms with E-state index in [-0.39, 0.29) is 11.4 Å². The Hall–Kier alpha value is -2.56. The second-order valence-electron chi connectivity index (χ2n) is 4.11. The average molecular weight is 259 g/mol. The quantitative estimate of drug-likeness (QED) is 0.736. The maximum absolute atomic E-state index is 13.4. The molecule has 19 heavy (non-hydrogen) atoms. The Morgan fingerprint density at radius 1 is 1.21 bits per heavy atom. The molecule has 0 radical (unpaired) electrons. The molecule has 1 amide bonds. The average Bonchev–Trinajstić information content (AvgIpc) is 2.39. The van der Waals surface area contributed by atoms with E-state index in [1.165, 1.54) is 6.07 Å². The zero-order chi connectivity index (χ0) is 13.8. The fraction of sp³-hybridized carbons (Fsp3) is 0.0714. The van der Waals surface area contributed by atoms with E-state index in [0.29, 0.717) is 23.5 Å². The highest BCUT2D eigenvalue weighted by Crippen LogP contribution is 2.18. The molecule has 0 fully saturated rings. The van der Waals surface area contributed by atoms with E-state index in [1.807, 2.05) is 0 Å². The number of amides is 1. The van der Waals surface area contributed by atoms with Gasteiger partial charge in [-0.3, -0.25) is 4.79 Å². The van der Waals surface area contributed by atoms with Gasteiger partial charge in [-0.25, -0.2) is 4.39 Å². The molecule has 0 atom stereocenters. The highest BCUT2D eigenvalue weighted by molar-refractivity contribution is 5.98. The number of nitrogen functional groups attached to an aromatic ring is 1.